The summed E-state index contributed by atoms with van der Waals surface area (Å²) in [5.41, 5.74) is 2.30. The fourth-order valence-corrected chi connectivity index (χ4v) is 1.46. The number of hydrogen-bond donors (Lipinski definition) is 1. The first-order chi connectivity index (χ1) is 6.06. The van der Waals surface area contributed by atoms with Crippen molar-refractivity contribution < 1.29 is 9.50 Å². The third-order valence-electron chi connectivity index (χ3n) is 2.27. The molecule has 72 valence electrons. The van der Waals surface area contributed by atoms with Crippen LogP contribution in [0.15, 0.2) is 12.1 Å². The lowest BCUT2D eigenvalue weighted by molar-refractivity contribution is 0.198. The average Bonchev–Trinajstić information content (AvgIpc) is 2.03. The maximum Gasteiger partial charge on any atom is 0.126 e. The van der Waals surface area contributed by atoms with Gasteiger partial charge in [0.15, 0.2) is 0 Å². The van der Waals surface area contributed by atoms with Crippen LogP contribution in [0.2, 0.25) is 0 Å². The first-order valence-corrected chi connectivity index (χ1v) is 4.53. The van der Waals surface area contributed by atoms with Crippen LogP contribution in [0, 0.1) is 12.7 Å². The van der Waals surface area contributed by atoms with E-state index in [0.29, 0.717) is 12.0 Å². The van der Waals surface area contributed by atoms with Gasteiger partial charge in [0, 0.05) is 0 Å². The fourth-order valence-electron chi connectivity index (χ4n) is 1.46. The lowest BCUT2D eigenvalue weighted by Crippen LogP contribution is -1.99. The molecule has 2 heteroatoms. The number of rotatable bonds is 2. The van der Waals surface area contributed by atoms with Gasteiger partial charge < -0.3 is 5.11 Å². The Morgan fingerprint density at radius 1 is 1.46 bits per heavy atom. The molecule has 0 saturated carbocycles. The summed E-state index contributed by atoms with van der Waals surface area (Å²) in [6.45, 7) is 5.41. The van der Waals surface area contributed by atoms with Crippen LogP contribution in [0.25, 0.3) is 0 Å². The Hall–Kier alpha value is -0.890. The standard InChI is InChI=1S/C11H15FO/c1-4-9-6-10(8(3)13)7(2)5-11(9)12/h5-6,8,13H,4H2,1-3H3. The van der Waals surface area contributed by atoms with Crippen LogP contribution in [-0.4, -0.2) is 5.11 Å². The monoisotopic (exact) mass is 182 g/mol. The van der Waals surface area contributed by atoms with E-state index in [9.17, 15) is 9.50 Å². The molecule has 1 N–H and O–H groups in total. The summed E-state index contributed by atoms with van der Waals surface area (Å²) in [6, 6.07) is 3.23. The minimum absolute atomic E-state index is 0.176. The fraction of sp³-hybridized carbons (Fsp3) is 0.455. The number of benzene rings is 1. The molecule has 0 saturated heterocycles. The Balaban J connectivity index is 3.22. The largest absolute Gasteiger partial charge is 0.389 e. The number of halogens is 1. The number of hydrogen-bond acceptors (Lipinski definition) is 1. The molecule has 0 fully saturated rings. The van der Waals surface area contributed by atoms with E-state index >= 15 is 0 Å². The summed E-state index contributed by atoms with van der Waals surface area (Å²) < 4.78 is 13.2. The zero-order valence-electron chi connectivity index (χ0n) is 8.26. The zero-order valence-corrected chi connectivity index (χ0v) is 8.26. The minimum Gasteiger partial charge on any atom is -0.389 e. The molecule has 13 heavy (non-hydrogen) atoms. The molecule has 0 bridgehead atoms. The molecule has 0 spiro atoms. The van der Waals surface area contributed by atoms with Crippen molar-refractivity contribution in [3.63, 3.8) is 0 Å². The molecular weight excluding hydrogens is 167 g/mol. The van der Waals surface area contributed by atoms with Crippen LogP contribution in [-0.2, 0) is 6.42 Å². The zero-order chi connectivity index (χ0) is 10.0. The van der Waals surface area contributed by atoms with Gasteiger partial charge in [0.25, 0.3) is 0 Å². The SMILES string of the molecule is CCc1cc(C(C)O)c(C)cc1F. The highest BCUT2D eigenvalue weighted by Gasteiger charge is 2.09. The van der Waals surface area contributed by atoms with Crippen molar-refractivity contribution in [2.45, 2.75) is 33.3 Å². The first kappa shape index (κ1) is 10.2. The molecule has 0 aliphatic carbocycles. The van der Waals surface area contributed by atoms with Crippen LogP contribution in [0.3, 0.4) is 0 Å². The van der Waals surface area contributed by atoms with Crippen LogP contribution < -0.4 is 0 Å². The van der Waals surface area contributed by atoms with Crippen LogP contribution in [0.5, 0.6) is 0 Å². The van der Waals surface area contributed by atoms with E-state index in [1.54, 1.807) is 13.0 Å². The third-order valence-corrected chi connectivity index (χ3v) is 2.27. The molecular formula is C11H15FO. The normalized spacial score (nSPS) is 13.0. The lowest BCUT2D eigenvalue weighted by Gasteiger charge is -2.11. The van der Waals surface area contributed by atoms with E-state index in [0.717, 1.165) is 11.1 Å². The lowest BCUT2D eigenvalue weighted by atomic mass is 9.99. The molecule has 0 aromatic heterocycles. The predicted molar refractivity (Wildman–Crippen MR) is 51.1 cm³/mol. The van der Waals surface area contributed by atoms with E-state index in [2.05, 4.69) is 0 Å². The second kappa shape index (κ2) is 3.88. The Labute approximate surface area is 78.2 Å². The van der Waals surface area contributed by atoms with Crippen LogP contribution in [0.1, 0.15) is 36.6 Å². The van der Waals surface area contributed by atoms with Gasteiger partial charge in [-0.2, -0.15) is 0 Å². The minimum atomic E-state index is -0.522. The maximum absolute atomic E-state index is 13.2. The second-order valence-corrected chi connectivity index (χ2v) is 3.33. The Kier molecular flexibility index (Phi) is 3.04. The van der Waals surface area contributed by atoms with Crippen molar-refractivity contribution in [2.75, 3.05) is 0 Å². The van der Waals surface area contributed by atoms with Gasteiger partial charge >= 0.3 is 0 Å². The van der Waals surface area contributed by atoms with E-state index in [1.165, 1.54) is 6.07 Å². The number of aliphatic hydroxyl groups excluding tert-OH is 1. The summed E-state index contributed by atoms with van der Waals surface area (Å²) in [7, 11) is 0. The molecule has 1 nitrogen and oxygen atoms in total. The van der Waals surface area contributed by atoms with Gasteiger partial charge in [-0.05, 0) is 43.0 Å². The highest BCUT2D eigenvalue weighted by molar-refractivity contribution is 5.33. The predicted octanol–water partition coefficient (Wildman–Crippen LogP) is 2.75. The van der Waals surface area contributed by atoms with Crippen molar-refractivity contribution in [1.82, 2.24) is 0 Å². The highest BCUT2D eigenvalue weighted by atomic mass is 19.1. The summed E-state index contributed by atoms with van der Waals surface area (Å²) in [5, 5.41) is 9.39. The number of aliphatic hydroxyl groups is 1. The number of aryl methyl sites for hydroxylation is 2. The maximum atomic E-state index is 13.2. The molecule has 1 aromatic carbocycles. The molecule has 0 amide bonds. The average molecular weight is 182 g/mol. The topological polar surface area (TPSA) is 20.2 Å². The van der Waals surface area contributed by atoms with Gasteiger partial charge in [0.2, 0.25) is 0 Å². The summed E-state index contributed by atoms with van der Waals surface area (Å²) >= 11 is 0. The van der Waals surface area contributed by atoms with E-state index < -0.39 is 6.10 Å². The van der Waals surface area contributed by atoms with Crippen molar-refractivity contribution in [3.05, 3.63) is 34.6 Å². The quantitative estimate of drug-likeness (QED) is 0.745. The molecule has 0 radical (unpaired) electrons. The van der Waals surface area contributed by atoms with Gasteiger partial charge in [-0.25, -0.2) is 4.39 Å². The van der Waals surface area contributed by atoms with E-state index in [1.807, 2.05) is 13.8 Å². The van der Waals surface area contributed by atoms with Crippen molar-refractivity contribution in [2.24, 2.45) is 0 Å². The summed E-state index contributed by atoms with van der Waals surface area (Å²) in [6.07, 6.45) is 0.136. The first-order valence-electron chi connectivity index (χ1n) is 4.53. The van der Waals surface area contributed by atoms with Crippen molar-refractivity contribution in [3.8, 4) is 0 Å². The van der Waals surface area contributed by atoms with Crippen molar-refractivity contribution in [1.29, 1.82) is 0 Å². The summed E-state index contributed by atoms with van der Waals surface area (Å²) in [4.78, 5) is 0. The smallest absolute Gasteiger partial charge is 0.126 e. The summed E-state index contributed by atoms with van der Waals surface area (Å²) in [5.74, 6) is -0.176. The Morgan fingerprint density at radius 3 is 2.54 bits per heavy atom. The van der Waals surface area contributed by atoms with Gasteiger partial charge in [0.1, 0.15) is 5.82 Å². The Bertz CT molecular complexity index is 305. The second-order valence-electron chi connectivity index (χ2n) is 3.33. The van der Waals surface area contributed by atoms with E-state index in [-0.39, 0.29) is 5.82 Å². The molecule has 1 atom stereocenters. The Morgan fingerprint density at radius 2 is 2.08 bits per heavy atom. The van der Waals surface area contributed by atoms with Gasteiger partial charge in [-0.3, -0.25) is 0 Å². The van der Waals surface area contributed by atoms with Gasteiger partial charge in [-0.15, -0.1) is 0 Å². The van der Waals surface area contributed by atoms with Gasteiger partial charge in [-0.1, -0.05) is 13.0 Å². The van der Waals surface area contributed by atoms with Crippen LogP contribution >= 0.6 is 0 Å². The van der Waals surface area contributed by atoms with Crippen LogP contribution in [0.4, 0.5) is 4.39 Å². The molecule has 0 aliphatic rings. The van der Waals surface area contributed by atoms with Crippen molar-refractivity contribution >= 4 is 0 Å². The van der Waals surface area contributed by atoms with Gasteiger partial charge in [0.05, 0.1) is 6.10 Å². The molecule has 0 heterocycles. The molecule has 1 unspecified atom stereocenters. The third kappa shape index (κ3) is 2.07. The highest BCUT2D eigenvalue weighted by Crippen LogP contribution is 2.21. The molecule has 1 aromatic rings. The molecule has 0 aliphatic heterocycles. The van der Waals surface area contributed by atoms with E-state index in [4.69, 9.17) is 0 Å². The molecule has 1 rings (SSSR count).